The minimum Gasteiger partial charge on any atom is -0.324 e. The predicted octanol–water partition coefficient (Wildman–Crippen LogP) is 0.723. The van der Waals surface area contributed by atoms with Crippen LogP contribution in [0, 0.1) is 0 Å². The maximum atomic E-state index is 5.71. The van der Waals surface area contributed by atoms with E-state index in [1.807, 2.05) is 13.8 Å². The quantitative estimate of drug-likeness (QED) is 0.550. The summed E-state index contributed by atoms with van der Waals surface area (Å²) in [5.74, 6) is 0. The first-order valence-electron chi connectivity index (χ1n) is 3.56. The van der Waals surface area contributed by atoms with Gasteiger partial charge in [-0.05, 0) is 26.8 Å². The Labute approximate surface area is 57.8 Å². The molecule has 0 aromatic rings. The molecule has 9 heavy (non-hydrogen) atoms. The fraction of sp³-hybridized carbons (Fsp3) is 1.00. The maximum Gasteiger partial charge on any atom is 0.0223 e. The molecule has 0 aliphatic heterocycles. The van der Waals surface area contributed by atoms with Crippen molar-refractivity contribution in [2.24, 2.45) is 5.73 Å². The molecule has 0 atom stereocenters. The highest BCUT2D eigenvalue weighted by atomic mass is 14.9. The lowest BCUT2D eigenvalue weighted by molar-refractivity contribution is 0.467. The molecule has 0 heterocycles. The molecular weight excluding hydrogens is 112 g/mol. The van der Waals surface area contributed by atoms with Gasteiger partial charge in [-0.25, -0.2) is 0 Å². The minimum absolute atomic E-state index is 0.0603. The first-order chi connectivity index (χ1) is 4.06. The average molecular weight is 130 g/mol. The lowest BCUT2D eigenvalue weighted by Gasteiger charge is -2.18. The molecule has 0 unspecified atom stereocenters. The summed E-state index contributed by atoms with van der Waals surface area (Å²) in [7, 11) is 0. The molecule has 2 heteroatoms. The van der Waals surface area contributed by atoms with Gasteiger partial charge >= 0.3 is 0 Å². The van der Waals surface area contributed by atoms with Crippen molar-refractivity contribution in [1.29, 1.82) is 0 Å². The lowest BCUT2D eigenvalue weighted by Crippen LogP contribution is -2.43. The molecule has 56 valence electrons. The number of hydrogen-bond acceptors (Lipinski definition) is 2. The van der Waals surface area contributed by atoms with Crippen LogP contribution in [0.5, 0.6) is 0 Å². The van der Waals surface area contributed by atoms with Gasteiger partial charge in [0, 0.05) is 12.1 Å². The van der Waals surface area contributed by atoms with Gasteiger partial charge < -0.3 is 11.1 Å². The van der Waals surface area contributed by atoms with Crippen LogP contribution in [0.15, 0.2) is 0 Å². The van der Waals surface area contributed by atoms with E-state index in [9.17, 15) is 0 Å². The van der Waals surface area contributed by atoms with Crippen LogP contribution in [0.3, 0.4) is 0 Å². The molecule has 2 nitrogen and oxygen atoms in total. The van der Waals surface area contributed by atoms with Gasteiger partial charge in [0.25, 0.3) is 0 Å². The van der Waals surface area contributed by atoms with E-state index < -0.39 is 0 Å². The van der Waals surface area contributed by atoms with Gasteiger partial charge in [-0.15, -0.1) is 0 Å². The van der Waals surface area contributed by atoms with Crippen molar-refractivity contribution in [3.05, 3.63) is 0 Å². The molecule has 0 aromatic carbocycles. The summed E-state index contributed by atoms with van der Waals surface area (Å²) in [6, 6.07) is 0. The molecule has 0 fully saturated rings. The first kappa shape index (κ1) is 8.92. The first-order valence-corrected chi connectivity index (χ1v) is 3.56. The van der Waals surface area contributed by atoms with E-state index in [2.05, 4.69) is 12.2 Å². The molecule has 0 saturated carbocycles. The van der Waals surface area contributed by atoms with Crippen LogP contribution in [-0.4, -0.2) is 18.6 Å². The molecule has 0 amide bonds. The van der Waals surface area contributed by atoms with Crippen molar-refractivity contribution in [3.63, 3.8) is 0 Å². The minimum atomic E-state index is -0.0603. The number of nitrogens with one attached hydrogen (secondary N) is 1. The van der Waals surface area contributed by atoms with Crippen molar-refractivity contribution in [2.45, 2.75) is 32.7 Å². The summed E-state index contributed by atoms with van der Waals surface area (Å²) < 4.78 is 0. The highest BCUT2D eigenvalue weighted by Crippen LogP contribution is 1.91. The van der Waals surface area contributed by atoms with Crippen LogP contribution in [0.2, 0.25) is 0 Å². The van der Waals surface area contributed by atoms with E-state index in [0.29, 0.717) is 0 Å². The van der Waals surface area contributed by atoms with Crippen molar-refractivity contribution >= 4 is 0 Å². The summed E-state index contributed by atoms with van der Waals surface area (Å²) in [6.45, 7) is 8.17. The van der Waals surface area contributed by atoms with E-state index in [0.717, 1.165) is 13.1 Å². The number of hydrogen-bond donors (Lipinski definition) is 2. The SMILES string of the molecule is CCCNCC(C)(C)N. The second kappa shape index (κ2) is 3.85. The molecule has 3 N–H and O–H groups in total. The molecule has 0 rings (SSSR count). The van der Waals surface area contributed by atoms with Crippen molar-refractivity contribution < 1.29 is 0 Å². The van der Waals surface area contributed by atoms with Crippen molar-refractivity contribution in [2.75, 3.05) is 13.1 Å². The Balaban J connectivity index is 3.07. The van der Waals surface area contributed by atoms with E-state index in [1.54, 1.807) is 0 Å². The second-order valence-corrected chi connectivity index (χ2v) is 3.17. The largest absolute Gasteiger partial charge is 0.324 e. The fourth-order valence-electron chi connectivity index (χ4n) is 0.587. The van der Waals surface area contributed by atoms with Gasteiger partial charge in [0.15, 0.2) is 0 Å². The van der Waals surface area contributed by atoms with Gasteiger partial charge in [-0.2, -0.15) is 0 Å². The van der Waals surface area contributed by atoms with Crippen LogP contribution >= 0.6 is 0 Å². The Bertz CT molecular complexity index is 63.8. The van der Waals surface area contributed by atoms with Gasteiger partial charge in [-0.3, -0.25) is 0 Å². The molecule has 0 bridgehead atoms. The second-order valence-electron chi connectivity index (χ2n) is 3.17. The highest BCUT2D eigenvalue weighted by Gasteiger charge is 2.07. The topological polar surface area (TPSA) is 38.0 Å². The third kappa shape index (κ3) is 7.92. The van der Waals surface area contributed by atoms with E-state index in [1.165, 1.54) is 6.42 Å². The summed E-state index contributed by atoms with van der Waals surface area (Å²) >= 11 is 0. The predicted molar refractivity (Wildman–Crippen MR) is 41.4 cm³/mol. The standard InChI is InChI=1S/C7H18N2/c1-4-5-9-6-7(2,3)8/h9H,4-6,8H2,1-3H3. The maximum absolute atomic E-state index is 5.71. The van der Waals surface area contributed by atoms with Crippen LogP contribution in [-0.2, 0) is 0 Å². The molecule has 0 aliphatic rings. The smallest absolute Gasteiger partial charge is 0.0223 e. The molecular formula is C7H18N2. The van der Waals surface area contributed by atoms with Crippen LogP contribution < -0.4 is 11.1 Å². The Hall–Kier alpha value is -0.0800. The van der Waals surface area contributed by atoms with Gasteiger partial charge in [0.05, 0.1) is 0 Å². The van der Waals surface area contributed by atoms with Crippen LogP contribution in [0.25, 0.3) is 0 Å². The Morgan fingerprint density at radius 3 is 2.33 bits per heavy atom. The highest BCUT2D eigenvalue weighted by molar-refractivity contribution is 4.73. The zero-order valence-electron chi connectivity index (χ0n) is 6.70. The summed E-state index contributed by atoms with van der Waals surface area (Å²) in [4.78, 5) is 0. The summed E-state index contributed by atoms with van der Waals surface area (Å²) in [5, 5.41) is 3.25. The van der Waals surface area contributed by atoms with Crippen molar-refractivity contribution in [1.82, 2.24) is 5.32 Å². The fourth-order valence-corrected chi connectivity index (χ4v) is 0.587. The number of nitrogens with two attached hydrogens (primary N) is 1. The zero-order valence-corrected chi connectivity index (χ0v) is 6.70. The number of rotatable bonds is 4. The van der Waals surface area contributed by atoms with Gasteiger partial charge in [0.1, 0.15) is 0 Å². The zero-order chi connectivity index (χ0) is 7.33. The molecule has 0 aromatic heterocycles. The monoisotopic (exact) mass is 130 g/mol. The van der Waals surface area contributed by atoms with Crippen LogP contribution in [0.4, 0.5) is 0 Å². The van der Waals surface area contributed by atoms with Crippen molar-refractivity contribution in [3.8, 4) is 0 Å². The Kier molecular flexibility index (Phi) is 3.82. The molecule has 0 saturated heterocycles. The molecule has 0 aliphatic carbocycles. The Morgan fingerprint density at radius 2 is 2.00 bits per heavy atom. The molecule has 0 spiro atoms. The normalized spacial score (nSPS) is 12.0. The average Bonchev–Trinajstić information content (AvgIpc) is 1.63. The molecule has 0 radical (unpaired) electrons. The third-order valence-corrected chi connectivity index (χ3v) is 1.01. The van der Waals surface area contributed by atoms with Gasteiger partial charge in [0.2, 0.25) is 0 Å². The Morgan fingerprint density at radius 1 is 1.44 bits per heavy atom. The van der Waals surface area contributed by atoms with E-state index in [4.69, 9.17) is 5.73 Å². The summed E-state index contributed by atoms with van der Waals surface area (Å²) in [6.07, 6.45) is 1.18. The van der Waals surface area contributed by atoms with E-state index >= 15 is 0 Å². The van der Waals surface area contributed by atoms with E-state index in [-0.39, 0.29) is 5.54 Å². The third-order valence-electron chi connectivity index (χ3n) is 1.01. The summed E-state index contributed by atoms with van der Waals surface area (Å²) in [5.41, 5.74) is 5.65. The van der Waals surface area contributed by atoms with Gasteiger partial charge in [-0.1, -0.05) is 6.92 Å². The van der Waals surface area contributed by atoms with Crippen LogP contribution in [0.1, 0.15) is 27.2 Å². The lowest BCUT2D eigenvalue weighted by atomic mass is 10.1.